The van der Waals surface area contributed by atoms with Crippen LogP contribution in [0.15, 0.2) is 17.2 Å². The number of aromatic nitrogens is 1. The Balaban J connectivity index is 1.90. The van der Waals surface area contributed by atoms with Gasteiger partial charge in [0, 0.05) is 31.0 Å². The fraction of sp³-hybridized carbons (Fsp3) is 0.714. The van der Waals surface area contributed by atoms with Crippen LogP contribution in [-0.2, 0) is 21.4 Å². The Bertz CT molecular complexity index is 611. The molecular weight excluding hydrogens is 292 g/mol. The Kier molecular flexibility index (Phi) is 3.85. The Morgan fingerprint density at radius 2 is 1.90 bits per heavy atom. The minimum Gasteiger partial charge on any atom is -0.390 e. The Morgan fingerprint density at radius 1 is 1.29 bits per heavy atom. The van der Waals surface area contributed by atoms with E-state index in [2.05, 4.69) is 0 Å². The van der Waals surface area contributed by atoms with Gasteiger partial charge in [0.2, 0.25) is 10.0 Å². The second-order valence-electron chi connectivity index (χ2n) is 6.04. The van der Waals surface area contributed by atoms with Gasteiger partial charge in [-0.25, -0.2) is 8.42 Å². The zero-order valence-corrected chi connectivity index (χ0v) is 13.2. The lowest BCUT2D eigenvalue weighted by Gasteiger charge is -2.34. The highest BCUT2D eigenvalue weighted by Gasteiger charge is 2.34. The number of sulfonamides is 1. The van der Waals surface area contributed by atoms with Gasteiger partial charge in [-0.3, -0.25) is 0 Å². The molecule has 1 saturated heterocycles. The third-order valence-electron chi connectivity index (χ3n) is 4.03. The second-order valence-corrected chi connectivity index (χ2v) is 7.98. The van der Waals surface area contributed by atoms with Gasteiger partial charge in [0.25, 0.3) is 0 Å². The van der Waals surface area contributed by atoms with Crippen LogP contribution in [0.4, 0.5) is 0 Å². The lowest BCUT2D eigenvalue weighted by molar-refractivity contribution is -0.0440. The number of hydrogen-bond acceptors (Lipinski definition) is 4. The SMILES string of the molecule is C[C@@H]1CN(S(=O)(=O)c2cc(CO)n(C3CC3)c2)C[C@H](C)O1. The molecule has 1 saturated carbocycles. The van der Waals surface area contributed by atoms with Crippen LogP contribution in [0.5, 0.6) is 0 Å². The van der Waals surface area contributed by atoms with Gasteiger partial charge in [0.15, 0.2) is 0 Å². The normalized spacial score (nSPS) is 28.0. The van der Waals surface area contributed by atoms with Crippen LogP contribution >= 0.6 is 0 Å². The summed E-state index contributed by atoms with van der Waals surface area (Å²) in [4.78, 5) is 0.278. The topological polar surface area (TPSA) is 71.8 Å². The number of hydrogen-bond donors (Lipinski definition) is 1. The molecule has 0 spiro atoms. The summed E-state index contributed by atoms with van der Waals surface area (Å²) in [5.41, 5.74) is 0.672. The largest absolute Gasteiger partial charge is 0.390 e. The minimum absolute atomic E-state index is 0.105. The van der Waals surface area contributed by atoms with Crippen LogP contribution in [0.1, 0.15) is 38.4 Å². The van der Waals surface area contributed by atoms with Crippen LogP contribution in [-0.4, -0.2) is 47.7 Å². The monoisotopic (exact) mass is 314 g/mol. The summed E-state index contributed by atoms with van der Waals surface area (Å²) in [6, 6.07) is 1.94. The van der Waals surface area contributed by atoms with Crippen molar-refractivity contribution >= 4 is 10.0 Å². The zero-order chi connectivity index (χ0) is 15.2. The van der Waals surface area contributed by atoms with E-state index in [1.165, 1.54) is 4.31 Å². The molecule has 0 aromatic carbocycles. The van der Waals surface area contributed by atoms with Crippen molar-refractivity contribution in [3.05, 3.63) is 18.0 Å². The minimum atomic E-state index is -3.52. The van der Waals surface area contributed by atoms with Crippen molar-refractivity contribution in [2.45, 2.75) is 56.4 Å². The molecule has 1 aromatic rings. The summed E-state index contributed by atoms with van der Waals surface area (Å²) in [5, 5.41) is 9.42. The maximum atomic E-state index is 12.8. The fourth-order valence-corrected chi connectivity index (χ4v) is 4.58. The van der Waals surface area contributed by atoms with Gasteiger partial charge < -0.3 is 14.4 Å². The van der Waals surface area contributed by atoms with Crippen LogP contribution < -0.4 is 0 Å². The first-order valence-corrected chi connectivity index (χ1v) is 8.83. The molecule has 0 unspecified atom stereocenters. The number of ether oxygens (including phenoxy) is 1. The van der Waals surface area contributed by atoms with Crippen LogP contribution in [0.25, 0.3) is 0 Å². The van der Waals surface area contributed by atoms with Gasteiger partial charge in [-0.15, -0.1) is 0 Å². The summed E-state index contributed by atoms with van der Waals surface area (Å²) in [6.07, 6.45) is 3.56. The van der Waals surface area contributed by atoms with Crippen molar-refractivity contribution in [1.29, 1.82) is 0 Å². The zero-order valence-electron chi connectivity index (χ0n) is 12.4. The van der Waals surface area contributed by atoms with E-state index >= 15 is 0 Å². The summed E-state index contributed by atoms with van der Waals surface area (Å²) >= 11 is 0. The van der Waals surface area contributed by atoms with Crippen LogP contribution in [0.2, 0.25) is 0 Å². The van der Waals surface area contributed by atoms with Gasteiger partial charge >= 0.3 is 0 Å². The molecule has 7 heteroatoms. The van der Waals surface area contributed by atoms with Crippen molar-refractivity contribution in [2.24, 2.45) is 0 Å². The number of aliphatic hydroxyl groups excluding tert-OH is 1. The number of morpholine rings is 1. The van der Waals surface area contributed by atoms with E-state index < -0.39 is 10.0 Å². The first-order chi connectivity index (χ1) is 9.91. The van der Waals surface area contributed by atoms with E-state index in [4.69, 9.17) is 4.74 Å². The quantitative estimate of drug-likeness (QED) is 0.904. The molecule has 2 heterocycles. The highest BCUT2D eigenvalue weighted by Crippen LogP contribution is 2.37. The molecule has 1 aliphatic heterocycles. The van der Waals surface area contributed by atoms with Crippen molar-refractivity contribution in [3.63, 3.8) is 0 Å². The predicted octanol–water partition coefficient (Wildman–Crippen LogP) is 1.11. The number of nitrogens with zero attached hydrogens (tertiary/aromatic N) is 2. The molecule has 1 aliphatic carbocycles. The summed E-state index contributed by atoms with van der Waals surface area (Å²) in [6.45, 7) is 4.37. The predicted molar refractivity (Wildman–Crippen MR) is 77.4 cm³/mol. The van der Waals surface area contributed by atoms with Crippen molar-refractivity contribution < 1.29 is 18.3 Å². The van der Waals surface area contributed by atoms with E-state index in [1.54, 1.807) is 12.3 Å². The third-order valence-corrected chi connectivity index (χ3v) is 5.83. The average molecular weight is 314 g/mol. The first kappa shape index (κ1) is 15.0. The molecule has 0 amide bonds. The Hall–Kier alpha value is -0.890. The van der Waals surface area contributed by atoms with E-state index in [1.807, 2.05) is 18.4 Å². The molecule has 2 aliphatic rings. The molecule has 0 radical (unpaired) electrons. The maximum Gasteiger partial charge on any atom is 0.244 e. The molecule has 1 N–H and O–H groups in total. The van der Waals surface area contributed by atoms with Crippen molar-refractivity contribution in [1.82, 2.24) is 8.87 Å². The Labute approximate surface area is 125 Å². The van der Waals surface area contributed by atoms with Gasteiger partial charge in [-0.1, -0.05) is 0 Å². The van der Waals surface area contributed by atoms with Crippen molar-refractivity contribution in [2.75, 3.05) is 13.1 Å². The number of rotatable bonds is 4. The van der Waals surface area contributed by atoms with Crippen molar-refractivity contribution in [3.8, 4) is 0 Å². The summed E-state index contributed by atoms with van der Waals surface area (Å²) in [5.74, 6) is 0. The molecular formula is C14H22N2O4S. The van der Waals surface area contributed by atoms with E-state index in [9.17, 15) is 13.5 Å². The Morgan fingerprint density at radius 3 is 2.43 bits per heavy atom. The second kappa shape index (κ2) is 5.39. The maximum absolute atomic E-state index is 12.8. The molecule has 2 fully saturated rings. The average Bonchev–Trinajstić information content (AvgIpc) is 3.16. The lowest BCUT2D eigenvalue weighted by Crippen LogP contribution is -2.48. The summed E-state index contributed by atoms with van der Waals surface area (Å²) < 4.78 is 34.5. The van der Waals surface area contributed by atoms with Gasteiger partial charge in [-0.2, -0.15) is 4.31 Å². The third kappa shape index (κ3) is 2.88. The highest BCUT2D eigenvalue weighted by atomic mass is 32.2. The molecule has 118 valence electrons. The molecule has 0 bridgehead atoms. The van der Waals surface area contributed by atoms with E-state index in [-0.39, 0.29) is 23.7 Å². The van der Waals surface area contributed by atoms with E-state index in [0.29, 0.717) is 24.8 Å². The lowest BCUT2D eigenvalue weighted by atomic mass is 10.3. The van der Waals surface area contributed by atoms with E-state index in [0.717, 1.165) is 12.8 Å². The highest BCUT2D eigenvalue weighted by molar-refractivity contribution is 7.89. The van der Waals surface area contributed by atoms with Gasteiger partial charge in [0.05, 0.1) is 18.8 Å². The van der Waals surface area contributed by atoms with Crippen LogP contribution in [0.3, 0.4) is 0 Å². The first-order valence-electron chi connectivity index (χ1n) is 7.39. The standard InChI is InChI=1S/C14H22N2O4S/c1-10-6-15(7-11(2)20-10)21(18,19)14-5-13(9-17)16(8-14)12-3-4-12/h5,8,10-12,17H,3-4,6-7,9H2,1-2H3/t10-,11+. The molecule has 21 heavy (non-hydrogen) atoms. The molecule has 2 atom stereocenters. The molecule has 3 rings (SSSR count). The smallest absolute Gasteiger partial charge is 0.244 e. The van der Waals surface area contributed by atoms with Gasteiger partial charge in [0.1, 0.15) is 4.90 Å². The molecule has 6 nitrogen and oxygen atoms in total. The number of aliphatic hydroxyl groups is 1. The van der Waals surface area contributed by atoms with Gasteiger partial charge in [-0.05, 0) is 32.8 Å². The molecule has 1 aromatic heterocycles. The van der Waals surface area contributed by atoms with Crippen LogP contribution in [0, 0.1) is 0 Å². The fourth-order valence-electron chi connectivity index (χ4n) is 2.93. The summed E-state index contributed by atoms with van der Waals surface area (Å²) in [7, 11) is -3.52.